The largest absolute Gasteiger partial charge is 0.456 e. The van der Waals surface area contributed by atoms with Crippen molar-refractivity contribution in [2.45, 2.75) is 13.0 Å². The molecule has 6 heteroatoms. The Bertz CT molecular complexity index is 626. The van der Waals surface area contributed by atoms with Crippen molar-refractivity contribution in [2.24, 2.45) is 0 Å². The first-order chi connectivity index (χ1) is 9.47. The van der Waals surface area contributed by atoms with Crippen LogP contribution in [0.1, 0.15) is 18.6 Å². The van der Waals surface area contributed by atoms with Gasteiger partial charge in [0, 0.05) is 12.1 Å². The van der Waals surface area contributed by atoms with Gasteiger partial charge < -0.3 is 9.84 Å². The molecule has 1 atom stereocenters. The molecule has 104 valence electrons. The number of aliphatic hydroxyl groups is 1. The molecule has 0 radical (unpaired) electrons. The third kappa shape index (κ3) is 3.26. The van der Waals surface area contributed by atoms with Crippen LogP contribution in [0.25, 0.3) is 0 Å². The first-order valence-corrected chi connectivity index (χ1v) is 6.25. The highest BCUT2D eigenvalue weighted by Gasteiger charge is 2.11. The number of nitrogens with zero attached hydrogens (tertiary/aromatic N) is 1. The van der Waals surface area contributed by atoms with E-state index in [2.05, 4.69) is 0 Å². The number of non-ortho nitro benzene ring substituents is 1. The lowest BCUT2D eigenvalue weighted by molar-refractivity contribution is -0.384. The minimum atomic E-state index is -0.549. The van der Waals surface area contributed by atoms with Gasteiger partial charge in [0.2, 0.25) is 0 Å². The predicted octanol–water partition coefficient (Wildman–Crippen LogP) is 4.09. The number of halogens is 1. The zero-order chi connectivity index (χ0) is 14.7. The van der Waals surface area contributed by atoms with E-state index in [1.54, 1.807) is 31.2 Å². The Balaban J connectivity index is 2.19. The van der Waals surface area contributed by atoms with Crippen LogP contribution in [-0.2, 0) is 0 Å². The Labute approximate surface area is 120 Å². The molecule has 20 heavy (non-hydrogen) atoms. The summed E-state index contributed by atoms with van der Waals surface area (Å²) in [5, 5.41) is 20.2. The third-order valence-corrected chi connectivity index (χ3v) is 3.01. The molecule has 2 aromatic carbocycles. The minimum absolute atomic E-state index is 0.0909. The van der Waals surface area contributed by atoms with Gasteiger partial charge in [0.25, 0.3) is 5.69 Å². The highest BCUT2D eigenvalue weighted by Crippen LogP contribution is 2.32. The lowest BCUT2D eigenvalue weighted by Crippen LogP contribution is -1.92. The van der Waals surface area contributed by atoms with Crippen LogP contribution in [0.15, 0.2) is 42.5 Å². The van der Waals surface area contributed by atoms with Gasteiger partial charge in [0.1, 0.15) is 11.5 Å². The molecule has 0 fully saturated rings. The number of aliphatic hydroxyl groups excluding tert-OH is 1. The molecule has 0 aliphatic carbocycles. The van der Waals surface area contributed by atoms with Crippen LogP contribution in [0.4, 0.5) is 5.69 Å². The maximum absolute atomic E-state index is 10.6. The Morgan fingerprint density at radius 3 is 2.40 bits per heavy atom. The summed E-state index contributed by atoms with van der Waals surface area (Å²) in [6, 6.07) is 10.9. The van der Waals surface area contributed by atoms with Crippen molar-refractivity contribution < 1.29 is 14.8 Å². The van der Waals surface area contributed by atoms with E-state index in [1.165, 1.54) is 18.2 Å². The van der Waals surface area contributed by atoms with E-state index >= 15 is 0 Å². The van der Waals surface area contributed by atoms with E-state index in [0.717, 1.165) is 5.56 Å². The molecule has 0 aliphatic heterocycles. The van der Waals surface area contributed by atoms with E-state index in [1.807, 2.05) is 0 Å². The van der Waals surface area contributed by atoms with Crippen LogP contribution in [0, 0.1) is 10.1 Å². The number of hydrogen-bond donors (Lipinski definition) is 1. The summed E-state index contributed by atoms with van der Waals surface area (Å²) in [5.41, 5.74) is 0.680. The van der Waals surface area contributed by atoms with Crippen molar-refractivity contribution >= 4 is 17.3 Å². The van der Waals surface area contributed by atoms with Gasteiger partial charge in [-0.05, 0) is 30.7 Å². The van der Waals surface area contributed by atoms with Crippen LogP contribution in [0.5, 0.6) is 11.5 Å². The molecule has 0 aliphatic rings. The van der Waals surface area contributed by atoms with Gasteiger partial charge >= 0.3 is 0 Å². The number of nitro benzene ring substituents is 1. The average Bonchev–Trinajstić information content (AvgIpc) is 2.41. The Morgan fingerprint density at radius 2 is 1.90 bits per heavy atom. The summed E-state index contributed by atoms with van der Waals surface area (Å²) in [5.74, 6) is 0.868. The number of ether oxygens (including phenoxy) is 1. The Kier molecular flexibility index (Phi) is 4.22. The Hall–Kier alpha value is -2.11. The lowest BCUT2D eigenvalue weighted by atomic mass is 10.1. The zero-order valence-corrected chi connectivity index (χ0v) is 11.4. The summed E-state index contributed by atoms with van der Waals surface area (Å²) < 4.78 is 5.54. The molecule has 0 unspecified atom stereocenters. The van der Waals surface area contributed by atoms with Crippen LogP contribution in [-0.4, -0.2) is 10.0 Å². The number of hydrogen-bond acceptors (Lipinski definition) is 4. The normalized spacial score (nSPS) is 11.9. The van der Waals surface area contributed by atoms with Crippen molar-refractivity contribution in [3.05, 3.63) is 63.2 Å². The first-order valence-electron chi connectivity index (χ1n) is 5.87. The van der Waals surface area contributed by atoms with Crippen molar-refractivity contribution in [1.82, 2.24) is 0 Å². The van der Waals surface area contributed by atoms with Gasteiger partial charge in [-0.15, -0.1) is 0 Å². The number of rotatable bonds is 4. The van der Waals surface area contributed by atoms with E-state index in [0.29, 0.717) is 11.5 Å². The molecule has 0 saturated heterocycles. The molecule has 2 rings (SSSR count). The van der Waals surface area contributed by atoms with Gasteiger partial charge in [0.15, 0.2) is 0 Å². The summed E-state index contributed by atoms with van der Waals surface area (Å²) in [4.78, 5) is 10.1. The average molecular weight is 294 g/mol. The maximum Gasteiger partial charge on any atom is 0.271 e. The Morgan fingerprint density at radius 1 is 1.25 bits per heavy atom. The van der Waals surface area contributed by atoms with Gasteiger partial charge in [-0.25, -0.2) is 0 Å². The SMILES string of the molecule is C[C@@H](O)c1ccc(Oc2ccc([N+](=O)[O-])cc2Cl)cc1. The second-order valence-electron chi connectivity index (χ2n) is 4.22. The highest BCUT2D eigenvalue weighted by molar-refractivity contribution is 6.32. The quantitative estimate of drug-likeness (QED) is 0.680. The number of benzene rings is 2. The van der Waals surface area contributed by atoms with E-state index in [4.69, 9.17) is 16.3 Å². The van der Waals surface area contributed by atoms with E-state index < -0.39 is 11.0 Å². The fourth-order valence-corrected chi connectivity index (χ4v) is 1.84. The van der Waals surface area contributed by atoms with Crippen LogP contribution in [0.2, 0.25) is 5.02 Å². The molecule has 0 spiro atoms. The second kappa shape index (κ2) is 5.90. The highest BCUT2D eigenvalue weighted by atomic mass is 35.5. The van der Waals surface area contributed by atoms with Gasteiger partial charge in [-0.2, -0.15) is 0 Å². The van der Waals surface area contributed by atoms with Crippen LogP contribution in [0.3, 0.4) is 0 Å². The summed E-state index contributed by atoms with van der Waals surface area (Å²) in [6.45, 7) is 1.67. The summed E-state index contributed by atoms with van der Waals surface area (Å²) in [7, 11) is 0. The standard InChI is InChI=1S/C14H12ClNO4/c1-9(17)10-2-5-12(6-3-10)20-14-7-4-11(16(18)19)8-13(14)15/h2-9,17H,1H3/t9-/m1/s1. The van der Waals surface area contributed by atoms with Gasteiger partial charge in [-0.1, -0.05) is 23.7 Å². The molecule has 0 heterocycles. The molecular weight excluding hydrogens is 282 g/mol. The predicted molar refractivity (Wildman–Crippen MR) is 75.3 cm³/mol. The molecule has 5 nitrogen and oxygen atoms in total. The minimum Gasteiger partial charge on any atom is -0.456 e. The van der Waals surface area contributed by atoms with Crippen LogP contribution >= 0.6 is 11.6 Å². The number of nitro groups is 1. The topological polar surface area (TPSA) is 72.6 Å². The molecule has 0 aromatic heterocycles. The van der Waals surface area contributed by atoms with Crippen molar-refractivity contribution in [2.75, 3.05) is 0 Å². The van der Waals surface area contributed by atoms with E-state index in [-0.39, 0.29) is 10.7 Å². The third-order valence-electron chi connectivity index (χ3n) is 2.72. The molecule has 0 saturated carbocycles. The fraction of sp³-hybridized carbons (Fsp3) is 0.143. The maximum atomic E-state index is 10.6. The smallest absolute Gasteiger partial charge is 0.271 e. The summed E-state index contributed by atoms with van der Waals surface area (Å²) >= 11 is 5.94. The molecular formula is C14H12ClNO4. The molecule has 2 aromatic rings. The van der Waals surface area contributed by atoms with E-state index in [9.17, 15) is 15.2 Å². The monoisotopic (exact) mass is 293 g/mol. The zero-order valence-electron chi connectivity index (χ0n) is 10.6. The van der Waals surface area contributed by atoms with Gasteiger partial charge in [0.05, 0.1) is 16.0 Å². The first kappa shape index (κ1) is 14.3. The lowest BCUT2D eigenvalue weighted by Gasteiger charge is -2.09. The van der Waals surface area contributed by atoms with Gasteiger partial charge in [-0.3, -0.25) is 10.1 Å². The molecule has 1 N–H and O–H groups in total. The summed E-state index contributed by atoms with van der Waals surface area (Å²) in [6.07, 6.45) is -0.549. The molecule has 0 bridgehead atoms. The van der Waals surface area contributed by atoms with Crippen molar-refractivity contribution in [3.8, 4) is 11.5 Å². The second-order valence-corrected chi connectivity index (χ2v) is 4.63. The van der Waals surface area contributed by atoms with Crippen LogP contribution < -0.4 is 4.74 Å². The van der Waals surface area contributed by atoms with Crippen molar-refractivity contribution in [1.29, 1.82) is 0 Å². The fourth-order valence-electron chi connectivity index (χ4n) is 1.63. The molecule has 0 amide bonds. The van der Waals surface area contributed by atoms with Crippen molar-refractivity contribution in [3.63, 3.8) is 0 Å².